The molecule has 2 N–H and O–H groups in total. The zero-order valence-corrected chi connectivity index (χ0v) is 21.1. The molecular formula is C29H32F5N3O. The van der Waals surface area contributed by atoms with Gasteiger partial charge < -0.3 is 15.5 Å². The van der Waals surface area contributed by atoms with Gasteiger partial charge in [-0.15, -0.1) is 0 Å². The van der Waals surface area contributed by atoms with E-state index in [2.05, 4.69) is 28.8 Å². The molecule has 38 heavy (non-hydrogen) atoms. The third-order valence-corrected chi connectivity index (χ3v) is 7.18. The zero-order chi connectivity index (χ0) is 27.1. The van der Waals surface area contributed by atoms with E-state index in [1.165, 1.54) is 0 Å². The molecule has 1 saturated heterocycles. The second kappa shape index (κ2) is 13.2. The van der Waals surface area contributed by atoms with Gasteiger partial charge in [0.25, 0.3) is 0 Å². The van der Waals surface area contributed by atoms with Gasteiger partial charge in [-0.05, 0) is 67.6 Å². The molecule has 1 fully saturated rings. The molecule has 204 valence electrons. The second-order valence-corrected chi connectivity index (χ2v) is 9.78. The Morgan fingerprint density at radius 1 is 0.789 bits per heavy atom. The van der Waals surface area contributed by atoms with Crippen LogP contribution >= 0.6 is 0 Å². The van der Waals surface area contributed by atoms with Crippen molar-refractivity contribution in [2.75, 3.05) is 32.7 Å². The van der Waals surface area contributed by atoms with Gasteiger partial charge in [0, 0.05) is 25.2 Å². The lowest BCUT2D eigenvalue weighted by molar-refractivity contribution is -0.131. The summed E-state index contributed by atoms with van der Waals surface area (Å²) in [5.41, 5.74) is 0.208. The van der Waals surface area contributed by atoms with Crippen LogP contribution in [0.5, 0.6) is 0 Å². The topological polar surface area (TPSA) is 44.4 Å². The number of amides is 1. The van der Waals surface area contributed by atoms with E-state index in [-0.39, 0.29) is 5.91 Å². The summed E-state index contributed by atoms with van der Waals surface area (Å²) >= 11 is 0. The van der Waals surface area contributed by atoms with Crippen LogP contribution in [0.4, 0.5) is 22.0 Å². The highest BCUT2D eigenvalue weighted by Gasteiger charge is 2.25. The minimum absolute atomic E-state index is 0.158. The molecule has 4 rings (SSSR count). The maximum Gasteiger partial charge on any atom is 0.227 e. The molecule has 0 aromatic heterocycles. The molecule has 0 unspecified atom stereocenters. The summed E-state index contributed by atoms with van der Waals surface area (Å²) in [6.45, 7) is 3.05. The number of nitrogens with zero attached hydrogens (tertiary/aromatic N) is 1. The number of likely N-dealkylation sites (tertiary alicyclic amines) is 1. The first-order chi connectivity index (χ1) is 18.4. The third kappa shape index (κ3) is 6.69. The smallest absolute Gasteiger partial charge is 0.227 e. The fourth-order valence-corrected chi connectivity index (χ4v) is 4.93. The summed E-state index contributed by atoms with van der Waals surface area (Å²) in [4.78, 5) is 14.8. The van der Waals surface area contributed by atoms with E-state index in [0.717, 1.165) is 61.8 Å². The van der Waals surface area contributed by atoms with E-state index in [1.54, 1.807) is 0 Å². The molecule has 0 spiro atoms. The Balaban J connectivity index is 1.09. The Labute approximate surface area is 219 Å². The summed E-state index contributed by atoms with van der Waals surface area (Å²) in [5.74, 6) is -8.94. The SMILES string of the molecule is O=C(Cc1cccc2ccccc12)N1CCC(CNCCCCNCc2c(F)c(F)c(F)c(F)c2F)CC1. The predicted molar refractivity (Wildman–Crippen MR) is 137 cm³/mol. The van der Waals surface area contributed by atoms with Crippen molar-refractivity contribution in [3.8, 4) is 0 Å². The molecule has 1 aliphatic rings. The van der Waals surface area contributed by atoms with Crippen molar-refractivity contribution in [2.24, 2.45) is 5.92 Å². The molecule has 0 atom stereocenters. The van der Waals surface area contributed by atoms with Crippen molar-refractivity contribution in [1.29, 1.82) is 0 Å². The number of rotatable bonds is 11. The quantitative estimate of drug-likeness (QED) is 0.149. The van der Waals surface area contributed by atoms with E-state index in [4.69, 9.17) is 0 Å². The molecule has 1 aliphatic heterocycles. The van der Waals surface area contributed by atoms with Crippen molar-refractivity contribution in [3.05, 3.63) is 82.7 Å². The van der Waals surface area contributed by atoms with Crippen LogP contribution in [-0.4, -0.2) is 43.5 Å². The summed E-state index contributed by atoms with van der Waals surface area (Å²) < 4.78 is 67.0. The Morgan fingerprint density at radius 2 is 1.39 bits per heavy atom. The Kier molecular flexibility index (Phi) is 9.69. The molecule has 4 nitrogen and oxygen atoms in total. The van der Waals surface area contributed by atoms with Gasteiger partial charge in [-0.3, -0.25) is 4.79 Å². The highest BCUT2D eigenvalue weighted by Crippen LogP contribution is 2.23. The fourth-order valence-electron chi connectivity index (χ4n) is 4.93. The van der Waals surface area contributed by atoms with Gasteiger partial charge >= 0.3 is 0 Å². The van der Waals surface area contributed by atoms with Gasteiger partial charge in [0.05, 0.1) is 6.42 Å². The average Bonchev–Trinajstić information content (AvgIpc) is 2.94. The maximum atomic E-state index is 13.7. The number of fused-ring (bicyclic) bond motifs is 1. The molecule has 0 saturated carbocycles. The highest BCUT2D eigenvalue weighted by atomic mass is 19.2. The lowest BCUT2D eigenvalue weighted by Gasteiger charge is -2.32. The number of carbonyl (C=O) groups is 1. The molecule has 3 aromatic rings. The first-order valence-electron chi connectivity index (χ1n) is 13.0. The van der Waals surface area contributed by atoms with E-state index >= 15 is 0 Å². The number of unbranched alkanes of at least 4 members (excludes halogenated alkanes) is 1. The molecule has 3 aromatic carbocycles. The van der Waals surface area contributed by atoms with E-state index in [1.807, 2.05) is 29.2 Å². The summed E-state index contributed by atoms with van der Waals surface area (Å²) in [7, 11) is 0. The maximum absolute atomic E-state index is 13.7. The predicted octanol–water partition coefficient (Wildman–Crippen LogP) is 5.48. The van der Waals surface area contributed by atoms with Crippen molar-refractivity contribution < 1.29 is 26.7 Å². The highest BCUT2D eigenvalue weighted by molar-refractivity contribution is 5.90. The number of hydrogen-bond acceptors (Lipinski definition) is 3. The van der Waals surface area contributed by atoms with Crippen LogP contribution in [0.3, 0.4) is 0 Å². The monoisotopic (exact) mass is 533 g/mol. The van der Waals surface area contributed by atoms with Gasteiger partial charge in [-0.25, -0.2) is 22.0 Å². The molecule has 1 amide bonds. The first kappa shape index (κ1) is 28.0. The van der Waals surface area contributed by atoms with E-state index in [9.17, 15) is 26.7 Å². The second-order valence-electron chi connectivity index (χ2n) is 9.78. The average molecular weight is 534 g/mol. The number of nitrogens with one attached hydrogen (secondary N) is 2. The molecule has 9 heteroatoms. The van der Waals surface area contributed by atoms with Gasteiger partial charge in [0.2, 0.25) is 11.7 Å². The molecular weight excluding hydrogens is 501 g/mol. The minimum atomic E-state index is -2.15. The van der Waals surface area contributed by atoms with Crippen LogP contribution < -0.4 is 10.6 Å². The van der Waals surface area contributed by atoms with Crippen molar-refractivity contribution in [3.63, 3.8) is 0 Å². The van der Waals surface area contributed by atoms with Crippen molar-refractivity contribution in [2.45, 2.75) is 38.6 Å². The van der Waals surface area contributed by atoms with Crippen LogP contribution in [0.15, 0.2) is 42.5 Å². The van der Waals surface area contributed by atoms with Crippen molar-refractivity contribution >= 4 is 16.7 Å². The first-order valence-corrected chi connectivity index (χ1v) is 13.0. The van der Waals surface area contributed by atoms with Gasteiger partial charge in [0.1, 0.15) is 0 Å². The number of benzene rings is 3. The van der Waals surface area contributed by atoms with Gasteiger partial charge in [0.15, 0.2) is 23.3 Å². The zero-order valence-electron chi connectivity index (χ0n) is 21.1. The number of halogens is 5. The van der Waals surface area contributed by atoms with Crippen LogP contribution in [0.1, 0.15) is 36.8 Å². The lowest BCUT2D eigenvalue weighted by atomic mass is 9.95. The summed E-state index contributed by atoms with van der Waals surface area (Å²) in [6, 6.07) is 14.2. The Morgan fingerprint density at radius 3 is 2.11 bits per heavy atom. The van der Waals surface area contributed by atoms with Crippen LogP contribution in [0, 0.1) is 35.0 Å². The van der Waals surface area contributed by atoms with Crippen molar-refractivity contribution in [1.82, 2.24) is 15.5 Å². The van der Waals surface area contributed by atoms with E-state index in [0.29, 0.717) is 25.3 Å². The summed E-state index contributed by atoms with van der Waals surface area (Å²) in [5, 5.41) is 8.41. The van der Waals surface area contributed by atoms with Crippen LogP contribution in [-0.2, 0) is 17.8 Å². The number of hydrogen-bond donors (Lipinski definition) is 2. The minimum Gasteiger partial charge on any atom is -0.342 e. The van der Waals surface area contributed by atoms with Gasteiger partial charge in [-0.2, -0.15) is 0 Å². The fraction of sp³-hybridized carbons (Fsp3) is 0.414. The molecule has 0 radical (unpaired) electrons. The summed E-state index contributed by atoms with van der Waals surface area (Å²) in [6.07, 6.45) is 3.77. The van der Waals surface area contributed by atoms with E-state index < -0.39 is 41.2 Å². The normalized spacial score (nSPS) is 14.4. The molecule has 1 heterocycles. The largest absolute Gasteiger partial charge is 0.342 e. The Bertz CT molecular complexity index is 1230. The number of carbonyl (C=O) groups excluding carboxylic acids is 1. The molecule has 0 bridgehead atoms. The lowest BCUT2D eigenvalue weighted by Crippen LogP contribution is -2.41. The van der Waals surface area contributed by atoms with Crippen LogP contribution in [0.25, 0.3) is 10.8 Å². The Hall–Kier alpha value is -3.04. The number of piperidine rings is 1. The molecule has 0 aliphatic carbocycles. The van der Waals surface area contributed by atoms with Gasteiger partial charge in [-0.1, -0.05) is 42.5 Å². The third-order valence-electron chi connectivity index (χ3n) is 7.18. The van der Waals surface area contributed by atoms with Crippen LogP contribution in [0.2, 0.25) is 0 Å². The standard InChI is InChI=1S/C29H32F5N3O/c30-25-23(26(31)28(33)29(34)27(25)32)18-36-13-4-3-12-35-17-19-10-14-37(15-11-19)24(38)16-21-8-5-7-20-6-1-2-9-22(20)21/h1-2,5-9,19,35-36H,3-4,10-18H2.